The lowest BCUT2D eigenvalue weighted by Crippen LogP contribution is -2.44. The monoisotopic (exact) mass is 459 g/mol. The molecule has 1 aromatic carbocycles. The molecular formula is C25H37N3O5. The van der Waals surface area contributed by atoms with Crippen molar-refractivity contribution in [1.29, 1.82) is 0 Å². The fraction of sp³-hybridized carbons (Fsp3) is 0.520. The molecule has 0 spiro atoms. The molecule has 0 aliphatic heterocycles. The first-order valence-electron chi connectivity index (χ1n) is 11.3. The van der Waals surface area contributed by atoms with Gasteiger partial charge in [-0.25, -0.2) is 0 Å². The lowest BCUT2D eigenvalue weighted by atomic mass is 10.1. The average molecular weight is 460 g/mol. The summed E-state index contributed by atoms with van der Waals surface area (Å²) in [7, 11) is 6.66. The van der Waals surface area contributed by atoms with Gasteiger partial charge in [0.25, 0.3) is 5.91 Å². The molecule has 1 aromatic heterocycles. The first kappa shape index (κ1) is 26.3. The van der Waals surface area contributed by atoms with Crippen LogP contribution in [0.4, 0.5) is 0 Å². The van der Waals surface area contributed by atoms with Gasteiger partial charge in [0.2, 0.25) is 5.91 Å². The van der Waals surface area contributed by atoms with Crippen LogP contribution in [0.1, 0.15) is 42.2 Å². The molecule has 0 fully saturated rings. The minimum absolute atomic E-state index is 0.00807. The van der Waals surface area contributed by atoms with Crippen LogP contribution < -0.4 is 9.47 Å². The molecular weight excluding hydrogens is 422 g/mol. The molecule has 8 heteroatoms. The number of benzene rings is 1. The number of carbonyl (C=O) groups is 2. The van der Waals surface area contributed by atoms with Crippen molar-refractivity contribution in [2.24, 2.45) is 7.05 Å². The third kappa shape index (κ3) is 7.53. The van der Waals surface area contributed by atoms with Gasteiger partial charge in [-0.05, 0) is 37.1 Å². The normalized spacial score (nSPS) is 10.7. The van der Waals surface area contributed by atoms with Gasteiger partial charge in [-0.2, -0.15) is 0 Å². The summed E-state index contributed by atoms with van der Waals surface area (Å²) in [5.41, 5.74) is 1.44. The minimum Gasteiger partial charge on any atom is -0.497 e. The second kappa shape index (κ2) is 13.5. The van der Waals surface area contributed by atoms with E-state index in [0.29, 0.717) is 49.7 Å². The van der Waals surface area contributed by atoms with Crippen molar-refractivity contribution in [3.8, 4) is 11.5 Å². The van der Waals surface area contributed by atoms with E-state index in [1.54, 1.807) is 37.3 Å². The molecule has 0 radical (unpaired) electrons. The maximum Gasteiger partial charge on any atom is 0.258 e. The van der Waals surface area contributed by atoms with Crippen molar-refractivity contribution in [2.45, 2.75) is 32.7 Å². The van der Waals surface area contributed by atoms with Crippen LogP contribution >= 0.6 is 0 Å². The highest BCUT2D eigenvalue weighted by Crippen LogP contribution is 2.26. The predicted octanol–water partition coefficient (Wildman–Crippen LogP) is 3.35. The highest BCUT2D eigenvalue weighted by molar-refractivity contribution is 5.99. The first-order valence-corrected chi connectivity index (χ1v) is 11.3. The number of hydrogen-bond donors (Lipinski definition) is 0. The van der Waals surface area contributed by atoms with Crippen LogP contribution in [0.25, 0.3) is 0 Å². The highest BCUT2D eigenvalue weighted by Gasteiger charge is 2.25. The summed E-state index contributed by atoms with van der Waals surface area (Å²) < 4.78 is 17.8. The van der Waals surface area contributed by atoms with Gasteiger partial charge in [0, 0.05) is 51.8 Å². The van der Waals surface area contributed by atoms with Crippen LogP contribution in [0.2, 0.25) is 0 Å². The number of carbonyl (C=O) groups excluding carboxylic acids is 2. The Labute approximate surface area is 197 Å². The number of rotatable bonds is 14. The van der Waals surface area contributed by atoms with Crippen LogP contribution in [-0.2, 0) is 23.1 Å². The number of nitrogens with zero attached hydrogens (tertiary/aromatic N) is 3. The fourth-order valence-corrected chi connectivity index (χ4v) is 3.56. The third-order valence-electron chi connectivity index (χ3n) is 5.57. The second-order valence-corrected chi connectivity index (χ2v) is 7.92. The molecule has 0 aliphatic carbocycles. The number of aryl methyl sites for hydroxylation is 1. The van der Waals surface area contributed by atoms with E-state index in [1.165, 1.54) is 7.11 Å². The van der Waals surface area contributed by atoms with Gasteiger partial charge in [0.1, 0.15) is 18.0 Å². The van der Waals surface area contributed by atoms with Crippen molar-refractivity contribution >= 4 is 11.8 Å². The average Bonchev–Trinajstić information content (AvgIpc) is 3.24. The summed E-state index contributed by atoms with van der Waals surface area (Å²) in [5.74, 6) is 0.671. The molecule has 0 N–H and O–H groups in total. The van der Waals surface area contributed by atoms with Gasteiger partial charge in [0.05, 0.1) is 26.3 Å². The molecule has 2 rings (SSSR count). The van der Waals surface area contributed by atoms with Gasteiger partial charge < -0.3 is 28.6 Å². The molecule has 8 nitrogen and oxygen atoms in total. The summed E-state index contributed by atoms with van der Waals surface area (Å²) in [4.78, 5) is 30.2. The molecule has 2 amide bonds. The van der Waals surface area contributed by atoms with Gasteiger partial charge in [-0.1, -0.05) is 13.3 Å². The first-order chi connectivity index (χ1) is 15.9. The lowest BCUT2D eigenvalue weighted by molar-refractivity contribution is -0.132. The van der Waals surface area contributed by atoms with Crippen LogP contribution in [0.15, 0.2) is 36.5 Å². The second-order valence-electron chi connectivity index (χ2n) is 7.92. The van der Waals surface area contributed by atoms with Crippen molar-refractivity contribution in [3.63, 3.8) is 0 Å². The van der Waals surface area contributed by atoms with E-state index in [-0.39, 0.29) is 18.4 Å². The molecule has 0 saturated heterocycles. The Morgan fingerprint density at radius 1 is 1.00 bits per heavy atom. The van der Waals surface area contributed by atoms with Crippen LogP contribution in [0.3, 0.4) is 0 Å². The number of methoxy groups -OCH3 is 3. The Hall–Kier alpha value is -3.00. The zero-order valence-electron chi connectivity index (χ0n) is 20.5. The molecule has 0 aliphatic rings. The third-order valence-corrected chi connectivity index (χ3v) is 5.57. The molecule has 182 valence electrons. The van der Waals surface area contributed by atoms with Crippen molar-refractivity contribution < 1.29 is 23.8 Å². The van der Waals surface area contributed by atoms with Crippen LogP contribution in [0, 0.1) is 0 Å². The molecule has 2 aromatic rings. The summed E-state index contributed by atoms with van der Waals surface area (Å²) >= 11 is 0. The molecule has 0 atom stereocenters. The standard InChI is InChI=1S/C25H37N3O5/c1-6-7-14-27(18-20-10-8-13-26(20)2)24(29)19-28(15-9-16-31-3)25(30)22-12-11-21(32-4)17-23(22)33-5/h8,10-13,17H,6-7,9,14-16,18-19H2,1-5H3. The van der Waals surface area contributed by atoms with E-state index in [4.69, 9.17) is 14.2 Å². The predicted molar refractivity (Wildman–Crippen MR) is 128 cm³/mol. The summed E-state index contributed by atoms with van der Waals surface area (Å²) in [6, 6.07) is 9.04. The number of amides is 2. The van der Waals surface area contributed by atoms with E-state index >= 15 is 0 Å². The van der Waals surface area contributed by atoms with E-state index in [9.17, 15) is 9.59 Å². The number of aromatic nitrogens is 1. The van der Waals surface area contributed by atoms with Crippen molar-refractivity contribution in [1.82, 2.24) is 14.4 Å². The molecule has 0 saturated carbocycles. The van der Waals surface area contributed by atoms with E-state index in [1.807, 2.05) is 34.8 Å². The topological polar surface area (TPSA) is 73.2 Å². The minimum atomic E-state index is -0.256. The van der Waals surface area contributed by atoms with Gasteiger partial charge in [-0.15, -0.1) is 0 Å². The zero-order chi connectivity index (χ0) is 24.2. The summed E-state index contributed by atoms with van der Waals surface area (Å²) in [6.07, 6.45) is 4.48. The summed E-state index contributed by atoms with van der Waals surface area (Å²) in [6.45, 7) is 4.15. The Kier molecular flexibility index (Phi) is 10.8. The molecule has 0 bridgehead atoms. The Balaban J connectivity index is 2.24. The number of hydrogen-bond acceptors (Lipinski definition) is 5. The Morgan fingerprint density at radius 3 is 2.36 bits per heavy atom. The van der Waals surface area contributed by atoms with E-state index in [0.717, 1.165) is 18.5 Å². The van der Waals surface area contributed by atoms with E-state index in [2.05, 4.69) is 6.92 Å². The Morgan fingerprint density at radius 2 is 1.76 bits per heavy atom. The number of ether oxygens (including phenoxy) is 3. The van der Waals surface area contributed by atoms with Gasteiger partial charge in [-0.3, -0.25) is 9.59 Å². The quantitative estimate of drug-likeness (QED) is 0.405. The van der Waals surface area contributed by atoms with Crippen molar-refractivity contribution in [2.75, 3.05) is 47.6 Å². The highest BCUT2D eigenvalue weighted by atomic mass is 16.5. The maximum atomic E-state index is 13.5. The van der Waals surface area contributed by atoms with Gasteiger partial charge >= 0.3 is 0 Å². The molecule has 33 heavy (non-hydrogen) atoms. The largest absolute Gasteiger partial charge is 0.497 e. The molecule has 1 heterocycles. The Bertz CT molecular complexity index is 896. The lowest BCUT2D eigenvalue weighted by Gasteiger charge is -2.28. The van der Waals surface area contributed by atoms with Crippen LogP contribution in [-0.4, -0.2) is 73.8 Å². The molecule has 0 unspecified atom stereocenters. The maximum absolute atomic E-state index is 13.5. The zero-order valence-corrected chi connectivity index (χ0v) is 20.5. The smallest absolute Gasteiger partial charge is 0.258 e. The SMILES string of the molecule is CCCCN(Cc1cccn1C)C(=O)CN(CCCOC)C(=O)c1ccc(OC)cc1OC. The van der Waals surface area contributed by atoms with E-state index < -0.39 is 0 Å². The number of unbranched alkanes of at least 4 members (excludes halogenated alkanes) is 1. The summed E-state index contributed by atoms with van der Waals surface area (Å²) in [5, 5.41) is 0. The van der Waals surface area contributed by atoms with Crippen molar-refractivity contribution in [3.05, 3.63) is 47.8 Å². The fourth-order valence-electron chi connectivity index (χ4n) is 3.56. The van der Waals surface area contributed by atoms with Gasteiger partial charge in [0.15, 0.2) is 0 Å². The van der Waals surface area contributed by atoms with Crippen LogP contribution in [0.5, 0.6) is 11.5 Å².